The van der Waals surface area contributed by atoms with Crippen molar-refractivity contribution < 1.29 is 4.79 Å². The second-order valence-corrected chi connectivity index (χ2v) is 4.59. The van der Waals surface area contributed by atoms with Gasteiger partial charge in [0.25, 0.3) is 0 Å². The Labute approximate surface area is 102 Å². The van der Waals surface area contributed by atoms with Crippen molar-refractivity contribution in [3.63, 3.8) is 0 Å². The second-order valence-electron chi connectivity index (χ2n) is 3.43. The molecule has 1 aromatic carbocycles. The Morgan fingerprint density at radius 2 is 2.27 bits per heavy atom. The third-order valence-electron chi connectivity index (χ3n) is 2.44. The maximum atomic E-state index is 11.5. The van der Waals surface area contributed by atoms with E-state index in [-0.39, 0.29) is 5.91 Å². The van der Waals surface area contributed by atoms with E-state index in [1.165, 1.54) is 0 Å². The molecule has 2 rings (SSSR count). The van der Waals surface area contributed by atoms with Crippen LogP contribution < -0.4 is 4.90 Å². The van der Waals surface area contributed by atoms with Gasteiger partial charge in [0.2, 0.25) is 5.91 Å². The second kappa shape index (κ2) is 4.19. The predicted molar refractivity (Wildman–Crippen MR) is 65.5 cm³/mol. The number of halogens is 1. The first-order valence-corrected chi connectivity index (χ1v) is 5.80. The lowest BCUT2D eigenvalue weighted by Gasteiger charge is -2.17. The van der Waals surface area contributed by atoms with Gasteiger partial charge >= 0.3 is 0 Å². The fraction of sp³-hybridized carbons (Fsp3) is 0.273. The van der Waals surface area contributed by atoms with Crippen molar-refractivity contribution in [1.29, 1.82) is 5.26 Å². The predicted octanol–water partition coefficient (Wildman–Crippen LogP) is 2.29. The van der Waals surface area contributed by atoms with Gasteiger partial charge in [-0.25, -0.2) is 0 Å². The molecule has 4 heteroatoms. The van der Waals surface area contributed by atoms with Crippen LogP contribution in [0.15, 0.2) is 18.2 Å². The van der Waals surface area contributed by atoms with E-state index in [1.54, 1.807) is 11.0 Å². The van der Waals surface area contributed by atoms with Gasteiger partial charge in [-0.1, -0.05) is 0 Å². The third kappa shape index (κ3) is 1.97. The number of nitriles is 1. The number of amides is 1. The first-order valence-electron chi connectivity index (χ1n) is 4.72. The van der Waals surface area contributed by atoms with Crippen molar-refractivity contribution in [2.24, 2.45) is 0 Å². The van der Waals surface area contributed by atoms with Gasteiger partial charge in [-0.2, -0.15) is 5.26 Å². The fourth-order valence-corrected chi connectivity index (χ4v) is 2.50. The normalized spacial score (nSPS) is 15.5. The van der Waals surface area contributed by atoms with Crippen LogP contribution in [0.2, 0.25) is 0 Å². The number of anilines is 1. The number of carbonyl (C=O) groups excluding carboxylic acids is 1. The van der Waals surface area contributed by atoms with Gasteiger partial charge in [-0.3, -0.25) is 4.79 Å². The molecule has 1 saturated heterocycles. The summed E-state index contributed by atoms with van der Waals surface area (Å²) in [6.07, 6.45) is 1.56. The summed E-state index contributed by atoms with van der Waals surface area (Å²) >= 11 is 2.16. The summed E-state index contributed by atoms with van der Waals surface area (Å²) in [4.78, 5) is 13.3. The number of rotatable bonds is 1. The topological polar surface area (TPSA) is 44.1 Å². The molecular weight excluding hydrogens is 303 g/mol. The Hall–Kier alpha value is -1.09. The average Bonchev–Trinajstić information content (AvgIpc) is 2.64. The molecule has 0 aliphatic carbocycles. The molecule has 1 aliphatic heterocycles. The van der Waals surface area contributed by atoms with E-state index in [4.69, 9.17) is 5.26 Å². The van der Waals surface area contributed by atoms with Crippen LogP contribution in [-0.4, -0.2) is 12.5 Å². The SMILES string of the molecule is N#Cc1ccc(N2CCCC2=O)c(I)c1. The van der Waals surface area contributed by atoms with Gasteiger partial charge in [0.15, 0.2) is 0 Å². The Kier molecular flexibility index (Phi) is 2.91. The molecule has 0 bridgehead atoms. The molecule has 0 N–H and O–H groups in total. The summed E-state index contributed by atoms with van der Waals surface area (Å²) in [7, 11) is 0. The smallest absolute Gasteiger partial charge is 0.227 e. The van der Waals surface area contributed by atoms with Crippen molar-refractivity contribution in [1.82, 2.24) is 0 Å². The zero-order valence-electron chi connectivity index (χ0n) is 8.03. The van der Waals surface area contributed by atoms with E-state index in [9.17, 15) is 4.79 Å². The van der Waals surface area contributed by atoms with E-state index in [0.717, 1.165) is 22.2 Å². The maximum absolute atomic E-state index is 11.5. The van der Waals surface area contributed by atoms with Crippen LogP contribution in [-0.2, 0) is 4.79 Å². The Balaban J connectivity index is 2.37. The van der Waals surface area contributed by atoms with Gasteiger partial charge < -0.3 is 4.90 Å². The number of hydrogen-bond acceptors (Lipinski definition) is 2. The molecule has 3 nitrogen and oxygen atoms in total. The van der Waals surface area contributed by atoms with Crippen molar-refractivity contribution in [3.8, 4) is 6.07 Å². The molecular formula is C11H9IN2O. The molecule has 0 spiro atoms. The van der Waals surface area contributed by atoms with Crippen LogP contribution in [0.25, 0.3) is 0 Å². The first-order chi connectivity index (χ1) is 7.22. The van der Waals surface area contributed by atoms with Crippen LogP contribution in [0, 0.1) is 14.9 Å². The highest BCUT2D eigenvalue weighted by Crippen LogP contribution is 2.27. The number of benzene rings is 1. The molecule has 0 unspecified atom stereocenters. The average molecular weight is 312 g/mol. The lowest BCUT2D eigenvalue weighted by Crippen LogP contribution is -2.24. The van der Waals surface area contributed by atoms with E-state index < -0.39 is 0 Å². The van der Waals surface area contributed by atoms with E-state index in [0.29, 0.717) is 12.0 Å². The molecule has 1 fully saturated rings. The number of hydrogen-bond donors (Lipinski definition) is 0. The minimum Gasteiger partial charge on any atom is -0.311 e. The Morgan fingerprint density at radius 1 is 1.47 bits per heavy atom. The van der Waals surface area contributed by atoms with E-state index >= 15 is 0 Å². The van der Waals surface area contributed by atoms with Crippen LogP contribution in [0.3, 0.4) is 0 Å². The highest BCUT2D eigenvalue weighted by molar-refractivity contribution is 14.1. The van der Waals surface area contributed by atoms with Crippen LogP contribution >= 0.6 is 22.6 Å². The molecule has 1 aromatic rings. The standard InChI is InChI=1S/C11H9IN2O/c12-9-6-8(7-13)3-4-10(9)14-5-1-2-11(14)15/h3-4,6H,1-2,5H2. The molecule has 0 saturated carbocycles. The summed E-state index contributed by atoms with van der Waals surface area (Å²) in [5.41, 5.74) is 1.56. The first kappa shape index (κ1) is 10.4. The van der Waals surface area contributed by atoms with E-state index in [1.807, 2.05) is 12.1 Å². The molecule has 1 amide bonds. The van der Waals surface area contributed by atoms with Gasteiger partial charge in [-0.15, -0.1) is 0 Å². The zero-order valence-corrected chi connectivity index (χ0v) is 10.2. The quantitative estimate of drug-likeness (QED) is 0.747. The molecule has 1 heterocycles. The van der Waals surface area contributed by atoms with Crippen molar-refractivity contribution in [2.75, 3.05) is 11.4 Å². The maximum Gasteiger partial charge on any atom is 0.227 e. The molecule has 0 radical (unpaired) electrons. The Bertz CT molecular complexity index is 450. The summed E-state index contributed by atoms with van der Waals surface area (Å²) in [6.45, 7) is 0.792. The van der Waals surface area contributed by atoms with Gasteiger partial charge in [0.05, 0.1) is 17.3 Å². The van der Waals surface area contributed by atoms with Gasteiger partial charge in [0, 0.05) is 16.5 Å². The molecule has 1 aliphatic rings. The fourth-order valence-electron chi connectivity index (χ4n) is 1.70. The summed E-state index contributed by atoms with van der Waals surface area (Å²) in [6, 6.07) is 7.50. The van der Waals surface area contributed by atoms with Crippen molar-refractivity contribution >= 4 is 34.2 Å². The summed E-state index contributed by atoms with van der Waals surface area (Å²) in [5.74, 6) is 0.178. The summed E-state index contributed by atoms with van der Waals surface area (Å²) < 4.78 is 0.960. The lowest BCUT2D eigenvalue weighted by molar-refractivity contribution is -0.117. The highest BCUT2D eigenvalue weighted by Gasteiger charge is 2.23. The Morgan fingerprint density at radius 3 is 2.80 bits per heavy atom. The van der Waals surface area contributed by atoms with Crippen LogP contribution in [0.5, 0.6) is 0 Å². The minimum absolute atomic E-state index is 0.178. The largest absolute Gasteiger partial charge is 0.311 e. The number of carbonyl (C=O) groups is 1. The van der Waals surface area contributed by atoms with Crippen LogP contribution in [0.4, 0.5) is 5.69 Å². The molecule has 0 aromatic heterocycles. The minimum atomic E-state index is 0.178. The van der Waals surface area contributed by atoms with Gasteiger partial charge in [0.1, 0.15) is 0 Å². The number of nitrogens with zero attached hydrogens (tertiary/aromatic N) is 2. The summed E-state index contributed by atoms with van der Waals surface area (Å²) in [5, 5.41) is 8.74. The molecule has 15 heavy (non-hydrogen) atoms. The monoisotopic (exact) mass is 312 g/mol. The third-order valence-corrected chi connectivity index (χ3v) is 3.31. The zero-order chi connectivity index (χ0) is 10.8. The van der Waals surface area contributed by atoms with Crippen molar-refractivity contribution in [2.45, 2.75) is 12.8 Å². The van der Waals surface area contributed by atoms with E-state index in [2.05, 4.69) is 28.7 Å². The van der Waals surface area contributed by atoms with Gasteiger partial charge in [-0.05, 0) is 47.2 Å². The lowest BCUT2D eigenvalue weighted by atomic mass is 10.2. The highest BCUT2D eigenvalue weighted by atomic mass is 127. The molecule has 0 atom stereocenters. The van der Waals surface area contributed by atoms with Crippen LogP contribution in [0.1, 0.15) is 18.4 Å². The van der Waals surface area contributed by atoms with Crippen molar-refractivity contribution in [3.05, 3.63) is 27.3 Å². The molecule has 76 valence electrons.